The maximum Gasteiger partial charge on any atom is 0.228 e. The van der Waals surface area contributed by atoms with Crippen molar-refractivity contribution in [1.82, 2.24) is 15.2 Å². The number of benzene rings is 2. The van der Waals surface area contributed by atoms with Crippen LogP contribution in [0, 0.1) is 12.3 Å². The minimum Gasteiger partial charge on any atom is -0.359 e. The van der Waals surface area contributed by atoms with Gasteiger partial charge in [0.15, 0.2) is 0 Å². The van der Waals surface area contributed by atoms with Gasteiger partial charge in [-0.3, -0.25) is 14.6 Å². The number of carbonyl (C=O) groups is 2. The van der Waals surface area contributed by atoms with Crippen molar-refractivity contribution in [1.29, 1.82) is 0 Å². The van der Waals surface area contributed by atoms with E-state index in [-0.39, 0.29) is 11.8 Å². The van der Waals surface area contributed by atoms with Gasteiger partial charge >= 0.3 is 0 Å². The SMILES string of the molecule is CNC(=O)[C@]1(Cc2ccccc2-c2ccc(C)cc2)CCCN(C(=O)Cc2cccnc2)C1. The highest BCUT2D eigenvalue weighted by Crippen LogP contribution is 2.37. The van der Waals surface area contributed by atoms with Gasteiger partial charge in [0, 0.05) is 32.5 Å². The Morgan fingerprint density at radius 2 is 1.85 bits per heavy atom. The molecule has 3 aromatic rings. The van der Waals surface area contributed by atoms with Crippen LogP contribution in [0.15, 0.2) is 73.1 Å². The number of hydrogen-bond acceptors (Lipinski definition) is 3. The smallest absolute Gasteiger partial charge is 0.228 e. The summed E-state index contributed by atoms with van der Waals surface area (Å²) in [6.45, 7) is 3.18. The Balaban J connectivity index is 1.61. The van der Waals surface area contributed by atoms with E-state index >= 15 is 0 Å². The molecule has 0 saturated carbocycles. The van der Waals surface area contributed by atoms with E-state index in [0.29, 0.717) is 25.9 Å². The second-order valence-electron chi connectivity index (χ2n) is 9.02. The Morgan fingerprint density at radius 3 is 2.58 bits per heavy atom. The molecule has 1 aliphatic rings. The number of rotatable bonds is 6. The molecule has 170 valence electrons. The maximum atomic E-state index is 13.3. The molecule has 1 saturated heterocycles. The highest BCUT2D eigenvalue weighted by molar-refractivity contribution is 5.85. The molecule has 1 N–H and O–H groups in total. The Kier molecular flexibility index (Phi) is 6.87. The topological polar surface area (TPSA) is 62.3 Å². The largest absolute Gasteiger partial charge is 0.359 e. The average molecular weight is 442 g/mol. The third kappa shape index (κ3) is 5.14. The Morgan fingerprint density at radius 1 is 1.06 bits per heavy atom. The van der Waals surface area contributed by atoms with E-state index in [9.17, 15) is 9.59 Å². The fraction of sp³-hybridized carbons (Fsp3) is 0.321. The van der Waals surface area contributed by atoms with Gasteiger partial charge in [0.2, 0.25) is 11.8 Å². The van der Waals surface area contributed by atoms with E-state index in [1.165, 1.54) is 5.56 Å². The molecule has 0 unspecified atom stereocenters. The van der Waals surface area contributed by atoms with Gasteiger partial charge < -0.3 is 10.2 Å². The summed E-state index contributed by atoms with van der Waals surface area (Å²) in [5.74, 6) is 0.0443. The summed E-state index contributed by atoms with van der Waals surface area (Å²) >= 11 is 0. The number of aryl methyl sites for hydroxylation is 1. The number of amides is 2. The second-order valence-corrected chi connectivity index (χ2v) is 9.02. The van der Waals surface area contributed by atoms with Gasteiger partial charge in [-0.25, -0.2) is 0 Å². The first-order valence-corrected chi connectivity index (χ1v) is 11.5. The molecular formula is C28H31N3O2. The lowest BCUT2D eigenvalue weighted by Gasteiger charge is -2.42. The number of carbonyl (C=O) groups excluding carboxylic acids is 2. The predicted octanol–water partition coefficient (Wildman–Crippen LogP) is 4.20. The van der Waals surface area contributed by atoms with Crippen LogP contribution >= 0.6 is 0 Å². The van der Waals surface area contributed by atoms with Crippen LogP contribution in [0.5, 0.6) is 0 Å². The standard InChI is InChI=1S/C28H31N3O2/c1-21-10-12-23(13-11-21)25-9-4-3-8-24(25)18-28(27(33)29-2)14-6-16-31(20-28)26(32)17-22-7-5-15-30-19-22/h3-5,7-13,15,19H,6,14,16-18,20H2,1-2H3,(H,29,33)/t28-/m0/s1. The molecule has 0 bridgehead atoms. The molecule has 1 aliphatic heterocycles. The van der Waals surface area contributed by atoms with Gasteiger partial charge in [0.05, 0.1) is 11.8 Å². The molecule has 0 aliphatic carbocycles. The summed E-state index contributed by atoms with van der Waals surface area (Å²) in [5.41, 5.74) is 4.87. The summed E-state index contributed by atoms with van der Waals surface area (Å²) in [5, 5.41) is 2.88. The molecule has 0 radical (unpaired) electrons. The minimum absolute atomic E-state index is 0.0000805. The molecular weight excluding hydrogens is 410 g/mol. The van der Waals surface area contributed by atoms with Crippen molar-refractivity contribution in [2.75, 3.05) is 20.1 Å². The zero-order chi connectivity index (χ0) is 23.3. The lowest BCUT2D eigenvalue weighted by atomic mass is 9.73. The zero-order valence-corrected chi connectivity index (χ0v) is 19.4. The first kappa shape index (κ1) is 22.7. The number of hydrogen-bond donors (Lipinski definition) is 1. The first-order valence-electron chi connectivity index (χ1n) is 11.5. The van der Waals surface area contributed by atoms with Crippen molar-refractivity contribution < 1.29 is 9.59 Å². The molecule has 1 atom stereocenters. The van der Waals surface area contributed by atoms with Crippen LogP contribution < -0.4 is 5.32 Å². The lowest BCUT2D eigenvalue weighted by Crippen LogP contribution is -2.54. The van der Waals surface area contributed by atoms with E-state index < -0.39 is 5.41 Å². The van der Waals surface area contributed by atoms with E-state index in [4.69, 9.17) is 0 Å². The van der Waals surface area contributed by atoms with Gasteiger partial charge in [-0.1, -0.05) is 60.2 Å². The number of aromatic nitrogens is 1. The van der Waals surface area contributed by atoms with E-state index in [0.717, 1.165) is 35.1 Å². The van der Waals surface area contributed by atoms with Crippen molar-refractivity contribution in [2.24, 2.45) is 5.41 Å². The molecule has 0 spiro atoms. The number of nitrogens with zero attached hydrogens (tertiary/aromatic N) is 2. The number of pyridine rings is 1. The summed E-state index contributed by atoms with van der Waals surface area (Å²) in [6, 6.07) is 20.5. The fourth-order valence-corrected chi connectivity index (χ4v) is 4.86. The predicted molar refractivity (Wildman–Crippen MR) is 131 cm³/mol. The molecule has 2 heterocycles. The third-order valence-electron chi connectivity index (χ3n) is 6.63. The van der Waals surface area contributed by atoms with Crippen LogP contribution in [0.1, 0.15) is 29.5 Å². The van der Waals surface area contributed by atoms with Crippen molar-refractivity contribution in [3.05, 3.63) is 89.7 Å². The van der Waals surface area contributed by atoms with Crippen LogP contribution in [-0.2, 0) is 22.4 Å². The third-order valence-corrected chi connectivity index (χ3v) is 6.63. The van der Waals surface area contributed by atoms with Gasteiger partial charge in [-0.15, -0.1) is 0 Å². The monoisotopic (exact) mass is 441 g/mol. The van der Waals surface area contributed by atoms with Gasteiger partial charge in [0.1, 0.15) is 0 Å². The first-order chi connectivity index (χ1) is 16.0. The summed E-state index contributed by atoms with van der Waals surface area (Å²) < 4.78 is 0. The molecule has 1 fully saturated rings. The number of likely N-dealkylation sites (tertiary alicyclic amines) is 1. The van der Waals surface area contributed by atoms with Crippen LogP contribution in [-0.4, -0.2) is 41.8 Å². The van der Waals surface area contributed by atoms with Crippen molar-refractivity contribution in [3.63, 3.8) is 0 Å². The quantitative estimate of drug-likeness (QED) is 0.624. The molecule has 1 aromatic heterocycles. The zero-order valence-electron chi connectivity index (χ0n) is 19.4. The molecule has 2 aromatic carbocycles. The van der Waals surface area contributed by atoms with E-state index in [1.807, 2.05) is 29.2 Å². The Labute approximate surface area is 195 Å². The Bertz CT molecular complexity index is 1110. The maximum absolute atomic E-state index is 13.3. The van der Waals surface area contributed by atoms with Crippen LogP contribution in [0.4, 0.5) is 0 Å². The Hall–Kier alpha value is -3.47. The highest BCUT2D eigenvalue weighted by atomic mass is 16.2. The van der Waals surface area contributed by atoms with Crippen molar-refractivity contribution in [2.45, 2.75) is 32.6 Å². The van der Waals surface area contributed by atoms with E-state index in [1.54, 1.807) is 19.4 Å². The summed E-state index contributed by atoms with van der Waals surface area (Å²) in [4.78, 5) is 32.3. The molecule has 33 heavy (non-hydrogen) atoms. The fourth-order valence-electron chi connectivity index (χ4n) is 4.86. The normalized spacial score (nSPS) is 18.1. The number of piperidine rings is 1. The van der Waals surface area contributed by atoms with Crippen LogP contribution in [0.2, 0.25) is 0 Å². The molecule has 5 heteroatoms. The summed E-state index contributed by atoms with van der Waals surface area (Å²) in [6.07, 6.45) is 5.89. The highest BCUT2D eigenvalue weighted by Gasteiger charge is 2.43. The van der Waals surface area contributed by atoms with Crippen LogP contribution in [0.3, 0.4) is 0 Å². The number of nitrogens with one attached hydrogen (secondary N) is 1. The van der Waals surface area contributed by atoms with Crippen molar-refractivity contribution in [3.8, 4) is 11.1 Å². The minimum atomic E-state index is -0.654. The lowest BCUT2D eigenvalue weighted by molar-refractivity contribution is -0.141. The average Bonchev–Trinajstić information content (AvgIpc) is 2.85. The van der Waals surface area contributed by atoms with Gasteiger partial charge in [0.25, 0.3) is 0 Å². The molecule has 5 nitrogen and oxygen atoms in total. The van der Waals surface area contributed by atoms with Crippen LogP contribution in [0.25, 0.3) is 11.1 Å². The second kappa shape index (κ2) is 9.99. The molecule has 2 amide bonds. The summed E-state index contributed by atoms with van der Waals surface area (Å²) in [7, 11) is 1.69. The molecule has 4 rings (SSSR count). The van der Waals surface area contributed by atoms with E-state index in [2.05, 4.69) is 53.6 Å². The van der Waals surface area contributed by atoms with Crippen molar-refractivity contribution >= 4 is 11.8 Å². The van der Waals surface area contributed by atoms with Gasteiger partial charge in [-0.2, -0.15) is 0 Å². The van der Waals surface area contributed by atoms with Gasteiger partial charge in [-0.05, 0) is 54.5 Å².